The van der Waals surface area contributed by atoms with Gasteiger partial charge >= 0.3 is 0 Å². The Balaban J connectivity index is 1.99. The summed E-state index contributed by atoms with van der Waals surface area (Å²) in [6, 6.07) is 9.27. The molecule has 0 spiro atoms. The van der Waals surface area contributed by atoms with Gasteiger partial charge in [0.05, 0.1) is 12.7 Å². The van der Waals surface area contributed by atoms with Gasteiger partial charge in [-0.1, -0.05) is 38.1 Å². The van der Waals surface area contributed by atoms with Crippen LogP contribution in [0.25, 0.3) is 0 Å². The molecule has 1 atom stereocenters. The van der Waals surface area contributed by atoms with Crippen molar-refractivity contribution in [3.05, 3.63) is 35.4 Å². The summed E-state index contributed by atoms with van der Waals surface area (Å²) in [6.07, 6.45) is 3.66. The zero-order valence-electron chi connectivity index (χ0n) is 10.9. The van der Waals surface area contributed by atoms with Gasteiger partial charge in [-0.2, -0.15) is 0 Å². The fourth-order valence-corrected chi connectivity index (χ4v) is 2.50. The van der Waals surface area contributed by atoms with Crippen LogP contribution in [0.2, 0.25) is 0 Å². The number of hydrogen-bond donors (Lipinski definition) is 1. The minimum atomic E-state index is 0.237. The van der Waals surface area contributed by atoms with Crippen molar-refractivity contribution in [2.24, 2.45) is 0 Å². The van der Waals surface area contributed by atoms with E-state index >= 15 is 0 Å². The highest BCUT2D eigenvalue weighted by molar-refractivity contribution is 5.31. The van der Waals surface area contributed by atoms with E-state index in [2.05, 4.69) is 43.4 Å². The minimum absolute atomic E-state index is 0.237. The van der Waals surface area contributed by atoms with Gasteiger partial charge < -0.3 is 10.1 Å². The van der Waals surface area contributed by atoms with E-state index in [0.29, 0.717) is 6.04 Å². The molecule has 1 aliphatic heterocycles. The zero-order valence-corrected chi connectivity index (χ0v) is 10.9. The van der Waals surface area contributed by atoms with Crippen LogP contribution in [0, 0.1) is 0 Å². The standard InChI is InChI=1S/C15H23NO/c1-3-13(4-2)16-11-15-14-8-6-5-7-12(14)9-10-17-15/h5-8,13,15-16H,3-4,9-11H2,1-2H3. The molecular weight excluding hydrogens is 210 g/mol. The van der Waals surface area contributed by atoms with E-state index in [-0.39, 0.29) is 6.10 Å². The summed E-state index contributed by atoms with van der Waals surface area (Å²) in [5.41, 5.74) is 2.83. The summed E-state index contributed by atoms with van der Waals surface area (Å²) in [5.74, 6) is 0. The number of nitrogens with one attached hydrogen (secondary N) is 1. The molecule has 0 bridgehead atoms. The summed E-state index contributed by atoms with van der Waals surface area (Å²) in [4.78, 5) is 0. The second-order valence-electron chi connectivity index (χ2n) is 4.73. The molecule has 1 aliphatic rings. The van der Waals surface area contributed by atoms with Crippen LogP contribution in [0.15, 0.2) is 24.3 Å². The molecule has 1 unspecified atom stereocenters. The van der Waals surface area contributed by atoms with E-state index in [4.69, 9.17) is 4.74 Å². The fraction of sp³-hybridized carbons (Fsp3) is 0.600. The lowest BCUT2D eigenvalue weighted by Gasteiger charge is -2.28. The number of hydrogen-bond acceptors (Lipinski definition) is 2. The van der Waals surface area contributed by atoms with Crippen molar-refractivity contribution >= 4 is 0 Å². The van der Waals surface area contributed by atoms with E-state index in [9.17, 15) is 0 Å². The largest absolute Gasteiger partial charge is 0.372 e. The lowest BCUT2D eigenvalue weighted by Crippen LogP contribution is -2.34. The monoisotopic (exact) mass is 233 g/mol. The van der Waals surface area contributed by atoms with Crippen molar-refractivity contribution in [1.82, 2.24) is 5.32 Å². The topological polar surface area (TPSA) is 21.3 Å². The Morgan fingerprint density at radius 1 is 1.29 bits per heavy atom. The van der Waals surface area contributed by atoms with Crippen molar-refractivity contribution in [3.63, 3.8) is 0 Å². The van der Waals surface area contributed by atoms with Crippen LogP contribution in [0.3, 0.4) is 0 Å². The number of ether oxygens (including phenoxy) is 1. The van der Waals surface area contributed by atoms with Crippen LogP contribution in [0.1, 0.15) is 43.9 Å². The van der Waals surface area contributed by atoms with Crippen molar-refractivity contribution in [2.45, 2.75) is 45.3 Å². The van der Waals surface area contributed by atoms with Crippen LogP contribution in [-0.4, -0.2) is 19.2 Å². The van der Waals surface area contributed by atoms with Crippen molar-refractivity contribution in [3.8, 4) is 0 Å². The molecule has 1 heterocycles. The zero-order chi connectivity index (χ0) is 12.1. The molecule has 0 amide bonds. The molecule has 0 aliphatic carbocycles. The van der Waals surface area contributed by atoms with Crippen LogP contribution in [0.4, 0.5) is 0 Å². The summed E-state index contributed by atoms with van der Waals surface area (Å²) >= 11 is 0. The maximum Gasteiger partial charge on any atom is 0.0952 e. The first-order valence-corrected chi connectivity index (χ1v) is 6.78. The average Bonchev–Trinajstić information content (AvgIpc) is 2.40. The van der Waals surface area contributed by atoms with Crippen LogP contribution < -0.4 is 5.32 Å². The third-order valence-corrected chi connectivity index (χ3v) is 3.67. The first-order chi connectivity index (χ1) is 8.35. The Kier molecular flexibility index (Phi) is 4.57. The normalized spacial score (nSPS) is 19.4. The van der Waals surface area contributed by atoms with Crippen molar-refractivity contribution in [1.29, 1.82) is 0 Å². The highest BCUT2D eigenvalue weighted by Crippen LogP contribution is 2.26. The number of fused-ring (bicyclic) bond motifs is 1. The molecule has 0 fully saturated rings. The average molecular weight is 233 g/mol. The predicted octanol–water partition coefficient (Wildman–Crippen LogP) is 3.08. The molecule has 2 heteroatoms. The van der Waals surface area contributed by atoms with Crippen LogP contribution in [-0.2, 0) is 11.2 Å². The van der Waals surface area contributed by atoms with Crippen molar-refractivity contribution < 1.29 is 4.74 Å². The summed E-state index contributed by atoms with van der Waals surface area (Å²) in [6.45, 7) is 6.25. The highest BCUT2D eigenvalue weighted by atomic mass is 16.5. The summed E-state index contributed by atoms with van der Waals surface area (Å²) in [7, 11) is 0. The molecule has 1 aromatic carbocycles. The van der Waals surface area contributed by atoms with Gasteiger partial charge in [-0.05, 0) is 30.4 Å². The Bertz CT molecular complexity index is 347. The lowest BCUT2D eigenvalue weighted by molar-refractivity contribution is 0.0404. The van der Waals surface area contributed by atoms with E-state index in [1.807, 2.05) is 0 Å². The molecule has 0 radical (unpaired) electrons. The third-order valence-electron chi connectivity index (χ3n) is 3.67. The SMILES string of the molecule is CCC(CC)NCC1OCCc2ccccc21. The molecule has 0 aromatic heterocycles. The maximum absolute atomic E-state index is 5.88. The smallest absolute Gasteiger partial charge is 0.0952 e. The van der Waals surface area contributed by atoms with Gasteiger partial charge in [-0.15, -0.1) is 0 Å². The van der Waals surface area contributed by atoms with Gasteiger partial charge in [0.25, 0.3) is 0 Å². The summed E-state index contributed by atoms with van der Waals surface area (Å²) < 4.78 is 5.88. The van der Waals surface area contributed by atoms with E-state index < -0.39 is 0 Å². The Morgan fingerprint density at radius 2 is 2.06 bits per heavy atom. The molecule has 1 N–H and O–H groups in total. The molecule has 0 saturated carbocycles. The lowest BCUT2D eigenvalue weighted by atomic mass is 9.97. The molecule has 94 valence electrons. The number of benzene rings is 1. The van der Waals surface area contributed by atoms with E-state index in [1.165, 1.54) is 24.0 Å². The third kappa shape index (κ3) is 3.08. The van der Waals surface area contributed by atoms with Gasteiger partial charge in [0.15, 0.2) is 0 Å². The Labute approximate surface area is 104 Å². The van der Waals surface area contributed by atoms with Crippen LogP contribution in [0.5, 0.6) is 0 Å². The van der Waals surface area contributed by atoms with Gasteiger partial charge in [-0.3, -0.25) is 0 Å². The molecule has 2 rings (SSSR count). The first-order valence-electron chi connectivity index (χ1n) is 6.78. The first kappa shape index (κ1) is 12.6. The van der Waals surface area contributed by atoms with Gasteiger partial charge in [-0.25, -0.2) is 0 Å². The fourth-order valence-electron chi connectivity index (χ4n) is 2.50. The Hall–Kier alpha value is -0.860. The quantitative estimate of drug-likeness (QED) is 0.844. The van der Waals surface area contributed by atoms with Gasteiger partial charge in [0.2, 0.25) is 0 Å². The molecule has 0 saturated heterocycles. The molecule has 2 nitrogen and oxygen atoms in total. The van der Waals surface area contributed by atoms with Crippen LogP contribution >= 0.6 is 0 Å². The molecular formula is C15H23NO. The van der Waals surface area contributed by atoms with E-state index in [0.717, 1.165) is 19.6 Å². The van der Waals surface area contributed by atoms with Gasteiger partial charge in [0, 0.05) is 12.6 Å². The second kappa shape index (κ2) is 6.18. The molecule has 17 heavy (non-hydrogen) atoms. The maximum atomic E-state index is 5.88. The molecule has 1 aromatic rings. The van der Waals surface area contributed by atoms with Crippen molar-refractivity contribution in [2.75, 3.05) is 13.2 Å². The number of rotatable bonds is 5. The Morgan fingerprint density at radius 3 is 2.82 bits per heavy atom. The van der Waals surface area contributed by atoms with E-state index in [1.54, 1.807) is 0 Å². The second-order valence-corrected chi connectivity index (χ2v) is 4.73. The highest BCUT2D eigenvalue weighted by Gasteiger charge is 2.20. The summed E-state index contributed by atoms with van der Waals surface area (Å²) in [5, 5.41) is 3.60. The predicted molar refractivity (Wildman–Crippen MR) is 71.2 cm³/mol. The van der Waals surface area contributed by atoms with Gasteiger partial charge in [0.1, 0.15) is 0 Å². The minimum Gasteiger partial charge on any atom is -0.372 e.